The minimum atomic E-state index is 0.169. The lowest BCUT2D eigenvalue weighted by Gasteiger charge is -2.34. The van der Waals surface area contributed by atoms with Crippen LogP contribution >= 0.6 is 0 Å². The minimum Gasteiger partial charge on any atom is -0.372 e. The molecule has 0 amide bonds. The molecule has 0 atom stereocenters. The van der Waals surface area contributed by atoms with Crippen LogP contribution < -0.4 is 10.2 Å². The molecule has 1 saturated heterocycles. The molecular formula is C15H23N5O. The Hall–Kier alpha value is -1.69. The van der Waals surface area contributed by atoms with Crippen LogP contribution in [0, 0.1) is 0 Å². The van der Waals surface area contributed by atoms with Crippen molar-refractivity contribution in [1.29, 1.82) is 0 Å². The van der Waals surface area contributed by atoms with Crippen LogP contribution in [0.15, 0.2) is 0 Å². The standard InChI is InChI=1S/C15H23N5O/c1-3-19-7-9-20(10-8-19)15-17-11-5-4-6-12(21)13(11)14(16-2)18-15/h3-10H2,1-2H3,(H,16,17,18). The van der Waals surface area contributed by atoms with Gasteiger partial charge in [-0.1, -0.05) is 6.92 Å². The molecule has 0 aromatic carbocycles. The van der Waals surface area contributed by atoms with Crippen molar-refractivity contribution in [3.05, 3.63) is 11.3 Å². The number of nitrogens with one attached hydrogen (secondary N) is 1. The summed E-state index contributed by atoms with van der Waals surface area (Å²) in [4.78, 5) is 26.0. The van der Waals surface area contributed by atoms with Gasteiger partial charge in [0.2, 0.25) is 5.95 Å². The molecule has 0 spiro atoms. The Kier molecular flexibility index (Phi) is 4.05. The monoisotopic (exact) mass is 289 g/mol. The second kappa shape index (κ2) is 5.97. The van der Waals surface area contributed by atoms with E-state index in [2.05, 4.69) is 32.0 Å². The molecule has 0 bridgehead atoms. The summed E-state index contributed by atoms with van der Waals surface area (Å²) in [6, 6.07) is 0. The number of ketones is 1. The second-order valence-corrected chi connectivity index (χ2v) is 5.64. The number of fused-ring (bicyclic) bond motifs is 1. The van der Waals surface area contributed by atoms with E-state index in [0.717, 1.165) is 57.2 Å². The molecule has 0 radical (unpaired) electrons. The van der Waals surface area contributed by atoms with Crippen molar-refractivity contribution in [2.75, 3.05) is 50.0 Å². The molecule has 21 heavy (non-hydrogen) atoms. The highest BCUT2D eigenvalue weighted by atomic mass is 16.1. The average Bonchev–Trinajstić information content (AvgIpc) is 2.54. The van der Waals surface area contributed by atoms with Gasteiger partial charge in [-0.3, -0.25) is 4.79 Å². The lowest BCUT2D eigenvalue weighted by atomic mass is 9.95. The highest BCUT2D eigenvalue weighted by Gasteiger charge is 2.26. The maximum absolute atomic E-state index is 12.1. The number of piperazine rings is 1. The van der Waals surface area contributed by atoms with E-state index in [0.29, 0.717) is 17.8 Å². The second-order valence-electron chi connectivity index (χ2n) is 5.64. The van der Waals surface area contributed by atoms with Crippen molar-refractivity contribution < 1.29 is 4.79 Å². The van der Waals surface area contributed by atoms with E-state index >= 15 is 0 Å². The van der Waals surface area contributed by atoms with Crippen molar-refractivity contribution >= 4 is 17.5 Å². The zero-order chi connectivity index (χ0) is 14.8. The van der Waals surface area contributed by atoms with Crippen LogP contribution in [0.4, 0.5) is 11.8 Å². The Morgan fingerprint density at radius 3 is 2.57 bits per heavy atom. The minimum absolute atomic E-state index is 0.169. The summed E-state index contributed by atoms with van der Waals surface area (Å²) in [5.74, 6) is 1.63. The van der Waals surface area contributed by atoms with Crippen molar-refractivity contribution in [2.24, 2.45) is 0 Å². The third-order valence-electron chi connectivity index (χ3n) is 4.41. The topological polar surface area (TPSA) is 61.4 Å². The summed E-state index contributed by atoms with van der Waals surface area (Å²) in [5, 5.41) is 3.08. The maximum Gasteiger partial charge on any atom is 0.227 e. The van der Waals surface area contributed by atoms with Crippen molar-refractivity contribution in [1.82, 2.24) is 14.9 Å². The first-order valence-corrected chi connectivity index (χ1v) is 7.82. The summed E-state index contributed by atoms with van der Waals surface area (Å²) in [7, 11) is 1.82. The fourth-order valence-corrected chi connectivity index (χ4v) is 3.10. The van der Waals surface area contributed by atoms with Gasteiger partial charge in [-0.05, 0) is 19.4 Å². The zero-order valence-electron chi connectivity index (χ0n) is 12.9. The SMILES string of the molecule is CCN1CCN(c2nc3c(c(NC)n2)C(=O)CCC3)CC1. The number of likely N-dealkylation sites (N-methyl/N-ethyl adjacent to an activating group) is 1. The van der Waals surface area contributed by atoms with Crippen LogP contribution in [-0.2, 0) is 6.42 Å². The predicted octanol–water partition coefficient (Wildman–Crippen LogP) is 1.18. The van der Waals surface area contributed by atoms with E-state index in [1.807, 2.05) is 7.05 Å². The van der Waals surface area contributed by atoms with E-state index in [1.54, 1.807) is 0 Å². The first-order valence-electron chi connectivity index (χ1n) is 7.82. The number of carbonyl (C=O) groups excluding carboxylic acids is 1. The van der Waals surface area contributed by atoms with Gasteiger partial charge < -0.3 is 15.1 Å². The van der Waals surface area contributed by atoms with Gasteiger partial charge in [0.15, 0.2) is 5.78 Å². The van der Waals surface area contributed by atoms with Gasteiger partial charge in [0, 0.05) is 39.6 Å². The Labute approximate surface area is 125 Å². The van der Waals surface area contributed by atoms with E-state index in [1.165, 1.54) is 0 Å². The third kappa shape index (κ3) is 2.72. The van der Waals surface area contributed by atoms with Crippen LogP contribution in [0.3, 0.4) is 0 Å². The molecular weight excluding hydrogens is 266 g/mol. The molecule has 0 saturated carbocycles. The fourth-order valence-electron chi connectivity index (χ4n) is 3.10. The number of rotatable bonds is 3. The lowest BCUT2D eigenvalue weighted by molar-refractivity contribution is 0.0972. The molecule has 0 unspecified atom stereocenters. The van der Waals surface area contributed by atoms with Crippen LogP contribution in [0.25, 0.3) is 0 Å². The summed E-state index contributed by atoms with van der Waals surface area (Å²) in [6.07, 6.45) is 2.38. The molecule has 2 heterocycles. The van der Waals surface area contributed by atoms with Crippen LogP contribution in [0.5, 0.6) is 0 Å². The Morgan fingerprint density at radius 1 is 1.14 bits per heavy atom. The smallest absolute Gasteiger partial charge is 0.227 e. The van der Waals surface area contributed by atoms with E-state index in [9.17, 15) is 4.79 Å². The lowest BCUT2D eigenvalue weighted by Crippen LogP contribution is -2.47. The van der Waals surface area contributed by atoms with E-state index in [4.69, 9.17) is 0 Å². The molecule has 6 heteroatoms. The quantitative estimate of drug-likeness (QED) is 0.901. The number of carbonyl (C=O) groups is 1. The average molecular weight is 289 g/mol. The molecule has 3 rings (SSSR count). The number of hydrogen-bond donors (Lipinski definition) is 1. The molecule has 1 aromatic heterocycles. The molecule has 1 fully saturated rings. The maximum atomic E-state index is 12.1. The number of nitrogens with zero attached hydrogens (tertiary/aromatic N) is 4. The van der Waals surface area contributed by atoms with Gasteiger partial charge in [0.05, 0.1) is 11.3 Å². The fraction of sp³-hybridized carbons (Fsp3) is 0.667. The summed E-state index contributed by atoms with van der Waals surface area (Å²) >= 11 is 0. The number of aryl methyl sites for hydroxylation is 1. The normalized spacial score (nSPS) is 19.5. The third-order valence-corrected chi connectivity index (χ3v) is 4.41. The van der Waals surface area contributed by atoms with Gasteiger partial charge in [-0.2, -0.15) is 4.98 Å². The molecule has 6 nitrogen and oxygen atoms in total. The molecule has 1 aliphatic heterocycles. The first-order chi connectivity index (χ1) is 10.2. The largest absolute Gasteiger partial charge is 0.372 e. The number of aromatic nitrogens is 2. The first kappa shape index (κ1) is 14.3. The van der Waals surface area contributed by atoms with E-state index in [-0.39, 0.29) is 5.78 Å². The summed E-state index contributed by atoms with van der Waals surface area (Å²) in [5.41, 5.74) is 1.62. The molecule has 1 N–H and O–H groups in total. The van der Waals surface area contributed by atoms with Gasteiger partial charge in [0.1, 0.15) is 5.82 Å². The predicted molar refractivity (Wildman–Crippen MR) is 83.2 cm³/mol. The Morgan fingerprint density at radius 2 is 1.90 bits per heavy atom. The van der Waals surface area contributed by atoms with Gasteiger partial charge >= 0.3 is 0 Å². The van der Waals surface area contributed by atoms with Gasteiger partial charge in [0.25, 0.3) is 0 Å². The summed E-state index contributed by atoms with van der Waals surface area (Å²) < 4.78 is 0. The van der Waals surface area contributed by atoms with Crippen LogP contribution in [0.2, 0.25) is 0 Å². The molecule has 1 aliphatic carbocycles. The van der Waals surface area contributed by atoms with Gasteiger partial charge in [-0.25, -0.2) is 4.98 Å². The molecule has 2 aliphatic rings. The van der Waals surface area contributed by atoms with Crippen molar-refractivity contribution in [2.45, 2.75) is 26.2 Å². The number of Topliss-reactive ketones (excluding diaryl/α,β-unsaturated/α-hetero) is 1. The van der Waals surface area contributed by atoms with E-state index < -0.39 is 0 Å². The Balaban J connectivity index is 1.88. The summed E-state index contributed by atoms with van der Waals surface area (Å²) in [6.45, 7) is 7.27. The Bertz CT molecular complexity index is 520. The highest BCUT2D eigenvalue weighted by molar-refractivity contribution is 6.02. The number of hydrogen-bond acceptors (Lipinski definition) is 6. The number of anilines is 2. The van der Waals surface area contributed by atoms with Crippen LogP contribution in [-0.4, -0.2) is 60.4 Å². The zero-order valence-corrected chi connectivity index (χ0v) is 12.9. The molecule has 1 aromatic rings. The van der Waals surface area contributed by atoms with Crippen molar-refractivity contribution in [3.63, 3.8) is 0 Å². The van der Waals surface area contributed by atoms with Crippen molar-refractivity contribution in [3.8, 4) is 0 Å². The highest BCUT2D eigenvalue weighted by Crippen LogP contribution is 2.27. The van der Waals surface area contributed by atoms with Crippen LogP contribution in [0.1, 0.15) is 35.8 Å². The van der Waals surface area contributed by atoms with Gasteiger partial charge in [-0.15, -0.1) is 0 Å². The molecule has 114 valence electrons.